The van der Waals surface area contributed by atoms with E-state index in [0.29, 0.717) is 30.3 Å². The number of hydrogen-bond donors (Lipinski definition) is 1. The van der Waals surface area contributed by atoms with E-state index in [1.807, 2.05) is 54.6 Å². The molecule has 1 fully saturated rings. The highest BCUT2D eigenvalue weighted by atomic mass is 16.6. The smallest absolute Gasteiger partial charge is 0.416 e. The van der Waals surface area contributed by atoms with Crippen LogP contribution in [0, 0.1) is 11.8 Å². The van der Waals surface area contributed by atoms with Crippen molar-refractivity contribution in [2.45, 2.75) is 37.9 Å². The van der Waals surface area contributed by atoms with Gasteiger partial charge in [-0.1, -0.05) is 56.3 Å². The molecular formula is C32H35N3O5. The molecule has 1 saturated carbocycles. The molecule has 2 aliphatic rings. The van der Waals surface area contributed by atoms with Gasteiger partial charge in [-0.05, 0) is 59.9 Å². The molecule has 2 N–H and O–H groups in total. The lowest BCUT2D eigenvalue weighted by Gasteiger charge is -2.31. The van der Waals surface area contributed by atoms with Gasteiger partial charge in [0.25, 0.3) is 0 Å². The fraction of sp³-hybridized carbons (Fsp3) is 0.344. The highest BCUT2D eigenvalue weighted by molar-refractivity contribution is 6.15. The number of rotatable bonds is 12. The number of aldehydes is 1. The van der Waals surface area contributed by atoms with E-state index >= 15 is 0 Å². The van der Waals surface area contributed by atoms with Crippen molar-refractivity contribution in [3.05, 3.63) is 90.0 Å². The summed E-state index contributed by atoms with van der Waals surface area (Å²) >= 11 is 0. The Morgan fingerprint density at radius 2 is 1.65 bits per heavy atom. The predicted molar refractivity (Wildman–Crippen MR) is 153 cm³/mol. The number of aliphatic imine (C=N–C) groups is 1. The van der Waals surface area contributed by atoms with Crippen LogP contribution in [0.1, 0.15) is 37.4 Å². The van der Waals surface area contributed by atoms with Gasteiger partial charge in [-0.25, -0.2) is 4.79 Å². The van der Waals surface area contributed by atoms with Gasteiger partial charge in [-0.15, -0.1) is 0 Å². The highest BCUT2D eigenvalue weighted by Crippen LogP contribution is 2.54. The van der Waals surface area contributed by atoms with E-state index in [4.69, 9.17) is 24.9 Å². The zero-order valence-electron chi connectivity index (χ0n) is 23.0. The maximum Gasteiger partial charge on any atom is 0.416 e. The lowest BCUT2D eigenvalue weighted by Crippen LogP contribution is -2.45. The summed E-state index contributed by atoms with van der Waals surface area (Å²) in [6.45, 7) is 4.55. The van der Waals surface area contributed by atoms with Crippen molar-refractivity contribution in [2.24, 2.45) is 22.6 Å². The maximum atomic E-state index is 13.2. The molecule has 0 aromatic heterocycles. The van der Waals surface area contributed by atoms with E-state index in [2.05, 4.69) is 13.8 Å². The van der Waals surface area contributed by atoms with Crippen LogP contribution in [-0.4, -0.2) is 54.8 Å². The number of benzene rings is 3. The molecule has 4 atom stereocenters. The first-order valence-corrected chi connectivity index (χ1v) is 13.6. The van der Waals surface area contributed by atoms with Crippen molar-refractivity contribution in [2.75, 3.05) is 20.3 Å². The minimum absolute atomic E-state index is 0.0873. The van der Waals surface area contributed by atoms with Crippen LogP contribution in [0.15, 0.2) is 83.9 Å². The van der Waals surface area contributed by atoms with Crippen LogP contribution in [-0.2, 0) is 4.79 Å². The molecule has 3 aromatic rings. The molecule has 1 aliphatic heterocycles. The summed E-state index contributed by atoms with van der Waals surface area (Å²) in [4.78, 5) is 31.0. The number of ether oxygens (including phenoxy) is 3. The molecular weight excluding hydrogens is 506 g/mol. The Morgan fingerprint density at radius 1 is 1.00 bits per heavy atom. The Bertz CT molecular complexity index is 1360. The normalized spacial score (nSPS) is 21.4. The number of nitrogens with zero attached hydrogens (tertiary/aromatic N) is 2. The van der Waals surface area contributed by atoms with Gasteiger partial charge < -0.3 is 24.7 Å². The molecule has 1 aliphatic carbocycles. The van der Waals surface area contributed by atoms with Gasteiger partial charge in [0.2, 0.25) is 0 Å². The molecule has 8 heteroatoms. The maximum absolute atomic E-state index is 13.2. The SMILES string of the molecule is COc1ccc(OC(=O)N(CC=O)C(CC(C)C)c2ccc(OCC3C4N=C(c5ccccc5)C34N)cc2)cc1. The number of hydrogen-bond acceptors (Lipinski definition) is 7. The molecule has 40 heavy (non-hydrogen) atoms. The largest absolute Gasteiger partial charge is 0.497 e. The van der Waals surface area contributed by atoms with Gasteiger partial charge in [0.05, 0.1) is 43.6 Å². The van der Waals surface area contributed by atoms with Crippen LogP contribution in [0.4, 0.5) is 4.79 Å². The van der Waals surface area contributed by atoms with Gasteiger partial charge in [-0.3, -0.25) is 9.89 Å². The van der Waals surface area contributed by atoms with Crippen molar-refractivity contribution in [1.82, 2.24) is 4.90 Å². The van der Waals surface area contributed by atoms with Crippen molar-refractivity contribution in [3.63, 3.8) is 0 Å². The molecule has 4 unspecified atom stereocenters. The number of methoxy groups -OCH3 is 1. The summed E-state index contributed by atoms with van der Waals surface area (Å²) in [6, 6.07) is 24.2. The van der Waals surface area contributed by atoms with Gasteiger partial charge in [-0.2, -0.15) is 0 Å². The lowest BCUT2D eigenvalue weighted by atomic mass is 9.95. The lowest BCUT2D eigenvalue weighted by molar-refractivity contribution is -0.109. The summed E-state index contributed by atoms with van der Waals surface area (Å²) in [5, 5.41) is 0. The second kappa shape index (κ2) is 11.5. The van der Waals surface area contributed by atoms with E-state index in [-0.39, 0.29) is 30.5 Å². The summed E-state index contributed by atoms with van der Waals surface area (Å²) < 4.78 is 16.9. The number of fused-ring (bicyclic) bond motifs is 1. The molecule has 8 nitrogen and oxygen atoms in total. The van der Waals surface area contributed by atoms with Crippen LogP contribution in [0.5, 0.6) is 17.2 Å². The average Bonchev–Trinajstić information content (AvgIpc) is 3.42. The molecule has 208 valence electrons. The van der Waals surface area contributed by atoms with Crippen molar-refractivity contribution in [1.29, 1.82) is 0 Å². The van der Waals surface area contributed by atoms with Crippen LogP contribution in [0.25, 0.3) is 0 Å². The summed E-state index contributed by atoms with van der Waals surface area (Å²) in [7, 11) is 1.57. The molecule has 3 aromatic carbocycles. The number of carbonyl (C=O) groups is 2. The third kappa shape index (κ3) is 5.45. The molecule has 1 amide bonds. The molecule has 0 saturated heterocycles. The Hall–Kier alpha value is -4.17. The molecule has 0 bridgehead atoms. The fourth-order valence-corrected chi connectivity index (χ4v) is 5.38. The number of amides is 1. The first-order valence-electron chi connectivity index (χ1n) is 13.6. The van der Waals surface area contributed by atoms with Crippen LogP contribution >= 0.6 is 0 Å². The molecule has 0 radical (unpaired) electrons. The van der Waals surface area contributed by atoms with E-state index in [0.717, 1.165) is 23.1 Å². The second-order valence-corrected chi connectivity index (χ2v) is 10.7. The minimum atomic E-state index is -0.588. The highest BCUT2D eigenvalue weighted by Gasteiger charge is 2.72. The topological polar surface area (TPSA) is 103 Å². The first-order chi connectivity index (χ1) is 19.3. The van der Waals surface area contributed by atoms with Crippen molar-refractivity contribution in [3.8, 4) is 17.2 Å². The first kappa shape index (κ1) is 27.4. The van der Waals surface area contributed by atoms with Crippen molar-refractivity contribution >= 4 is 18.1 Å². The third-order valence-corrected chi connectivity index (χ3v) is 7.64. The Morgan fingerprint density at radius 3 is 2.27 bits per heavy atom. The van der Waals surface area contributed by atoms with Crippen LogP contribution in [0.2, 0.25) is 0 Å². The standard InChI is InChI=1S/C32H35N3O5/c1-21(2)19-28(35(17-18-36)31(37)40-26-15-13-24(38-3)14-16-26)22-9-11-25(12-10-22)39-20-27-30-32(27,33)29(34-30)23-7-5-4-6-8-23/h4-16,18,21,27-28,30H,17,19-20,33H2,1-3H3. The number of carbonyl (C=O) groups excluding carboxylic acids is 2. The van der Waals surface area contributed by atoms with Crippen molar-refractivity contribution < 1.29 is 23.8 Å². The fourth-order valence-electron chi connectivity index (χ4n) is 5.38. The summed E-state index contributed by atoms with van der Waals surface area (Å²) in [5.41, 5.74) is 9.16. The van der Waals surface area contributed by atoms with Gasteiger partial charge in [0.1, 0.15) is 23.5 Å². The third-order valence-electron chi connectivity index (χ3n) is 7.64. The molecule has 1 heterocycles. The van der Waals surface area contributed by atoms with Gasteiger partial charge in [0, 0.05) is 5.92 Å². The van der Waals surface area contributed by atoms with Crippen LogP contribution in [0.3, 0.4) is 0 Å². The summed E-state index contributed by atoms with van der Waals surface area (Å²) in [5.74, 6) is 2.16. The Kier molecular flexibility index (Phi) is 7.89. The van der Waals surface area contributed by atoms with Crippen LogP contribution < -0.4 is 19.9 Å². The molecule has 0 spiro atoms. The van der Waals surface area contributed by atoms with E-state index in [1.54, 1.807) is 31.4 Å². The zero-order valence-corrected chi connectivity index (χ0v) is 23.0. The zero-order chi connectivity index (χ0) is 28.3. The number of nitrogens with two attached hydrogens (primary N) is 1. The van der Waals surface area contributed by atoms with E-state index < -0.39 is 11.6 Å². The average molecular weight is 542 g/mol. The van der Waals surface area contributed by atoms with Gasteiger partial charge in [0.15, 0.2) is 0 Å². The van der Waals surface area contributed by atoms with Gasteiger partial charge >= 0.3 is 6.09 Å². The Balaban J connectivity index is 1.24. The quantitative estimate of drug-likeness (QED) is 0.322. The Labute approximate surface area is 234 Å². The van der Waals surface area contributed by atoms with E-state index in [9.17, 15) is 9.59 Å². The van der Waals surface area contributed by atoms with E-state index in [1.165, 1.54) is 4.90 Å². The summed E-state index contributed by atoms with van der Waals surface area (Å²) in [6.07, 6.45) is 0.790. The predicted octanol–water partition coefficient (Wildman–Crippen LogP) is 5.06. The second-order valence-electron chi connectivity index (χ2n) is 10.7. The minimum Gasteiger partial charge on any atom is -0.497 e. The molecule has 5 rings (SSSR count). The monoisotopic (exact) mass is 541 g/mol.